The third-order valence-electron chi connectivity index (χ3n) is 7.58. The van der Waals surface area contributed by atoms with Gasteiger partial charge in [0, 0.05) is 50.6 Å². The molecule has 2 saturated heterocycles. The maximum atomic E-state index is 9.03. The number of nitriles is 1. The molecule has 5 heteroatoms. The van der Waals surface area contributed by atoms with E-state index in [4.69, 9.17) is 10.00 Å². The third kappa shape index (κ3) is 5.35. The maximum absolute atomic E-state index is 9.03. The molecule has 3 aliphatic rings. The lowest BCUT2D eigenvalue weighted by Gasteiger charge is -2.41. The van der Waals surface area contributed by atoms with Crippen LogP contribution in [0.5, 0.6) is 0 Å². The van der Waals surface area contributed by atoms with Crippen LogP contribution in [0.25, 0.3) is 0 Å². The van der Waals surface area contributed by atoms with Crippen molar-refractivity contribution in [2.45, 2.75) is 71.5 Å². The number of rotatable bonds is 4. The van der Waals surface area contributed by atoms with Gasteiger partial charge in [-0.25, -0.2) is 0 Å². The van der Waals surface area contributed by atoms with Crippen LogP contribution in [-0.2, 0) is 4.74 Å². The first-order valence-corrected chi connectivity index (χ1v) is 12.2. The van der Waals surface area contributed by atoms with E-state index in [1.54, 1.807) is 5.56 Å². The highest BCUT2D eigenvalue weighted by Crippen LogP contribution is 2.45. The van der Waals surface area contributed by atoms with Gasteiger partial charge in [0.25, 0.3) is 0 Å². The van der Waals surface area contributed by atoms with Gasteiger partial charge < -0.3 is 14.5 Å². The highest BCUT2D eigenvalue weighted by atomic mass is 16.5. The smallest absolute Gasteiger partial charge is 0.0867 e. The van der Waals surface area contributed by atoms with E-state index in [1.165, 1.54) is 37.1 Å². The second-order valence-electron chi connectivity index (χ2n) is 10.8. The molecule has 170 valence electrons. The summed E-state index contributed by atoms with van der Waals surface area (Å²) in [4.78, 5) is 7.35. The van der Waals surface area contributed by atoms with Crippen molar-refractivity contribution in [1.29, 1.82) is 5.26 Å². The Kier molecular flexibility index (Phi) is 6.79. The molecule has 2 heterocycles. The van der Waals surface area contributed by atoms with Crippen molar-refractivity contribution in [2.24, 2.45) is 5.41 Å². The summed E-state index contributed by atoms with van der Waals surface area (Å²) in [5, 5.41) is 9.03. The molecule has 4 rings (SSSR count). The average molecular weight is 425 g/mol. The molecule has 1 aromatic carbocycles. The van der Waals surface area contributed by atoms with Crippen LogP contribution in [0.1, 0.15) is 64.9 Å². The Balaban J connectivity index is 1.59. The number of anilines is 2. The van der Waals surface area contributed by atoms with Gasteiger partial charge in [-0.3, -0.25) is 4.90 Å². The van der Waals surface area contributed by atoms with E-state index in [1.807, 2.05) is 0 Å². The second kappa shape index (κ2) is 9.38. The molecule has 0 unspecified atom stereocenters. The lowest BCUT2D eigenvalue weighted by molar-refractivity contribution is -0.00522. The minimum Gasteiger partial charge on any atom is -0.372 e. The number of ether oxygens (including phenoxy) is 1. The monoisotopic (exact) mass is 424 g/mol. The summed E-state index contributed by atoms with van der Waals surface area (Å²) in [5.74, 6) is 0.649. The lowest BCUT2D eigenvalue weighted by atomic mass is 9.71. The van der Waals surface area contributed by atoms with Gasteiger partial charge in [-0.1, -0.05) is 13.8 Å². The average Bonchev–Trinajstić information content (AvgIpc) is 2.74. The minimum atomic E-state index is 0.274. The summed E-state index contributed by atoms with van der Waals surface area (Å²) in [7, 11) is 0. The second-order valence-corrected chi connectivity index (χ2v) is 10.8. The Morgan fingerprint density at radius 2 is 1.65 bits per heavy atom. The summed E-state index contributed by atoms with van der Waals surface area (Å²) in [6, 6.07) is 9.53. The predicted molar refractivity (Wildman–Crippen MR) is 128 cm³/mol. The Hall–Kier alpha value is -1.77. The zero-order valence-corrected chi connectivity index (χ0v) is 19.9. The highest BCUT2D eigenvalue weighted by Gasteiger charge is 2.31. The molecule has 2 atom stereocenters. The Bertz CT molecular complexity index is 773. The van der Waals surface area contributed by atoms with Crippen LogP contribution in [0.15, 0.2) is 18.2 Å². The first kappa shape index (κ1) is 22.4. The van der Waals surface area contributed by atoms with Crippen LogP contribution in [0, 0.1) is 16.7 Å². The van der Waals surface area contributed by atoms with E-state index < -0.39 is 0 Å². The number of morpholine rings is 1. The SMILES string of the molecule is C[C@@H]1CN(c2ccc(N3CCN(CC#N)CC3)c(C3CCC(C)(C)CC3)c2)C[C@H](C)O1. The molecule has 0 radical (unpaired) electrons. The molecule has 5 nitrogen and oxygen atoms in total. The highest BCUT2D eigenvalue weighted by molar-refractivity contribution is 5.64. The molecule has 2 aliphatic heterocycles. The zero-order chi connectivity index (χ0) is 22.0. The lowest BCUT2D eigenvalue weighted by Crippen LogP contribution is -2.47. The van der Waals surface area contributed by atoms with Crippen molar-refractivity contribution in [3.8, 4) is 6.07 Å². The number of hydrogen-bond donors (Lipinski definition) is 0. The Morgan fingerprint density at radius 3 is 2.26 bits per heavy atom. The van der Waals surface area contributed by atoms with Crippen molar-refractivity contribution < 1.29 is 4.74 Å². The van der Waals surface area contributed by atoms with E-state index in [-0.39, 0.29) is 12.2 Å². The fourth-order valence-corrected chi connectivity index (χ4v) is 5.70. The molecule has 0 N–H and O–H groups in total. The van der Waals surface area contributed by atoms with Crippen LogP contribution < -0.4 is 9.80 Å². The van der Waals surface area contributed by atoms with Gasteiger partial charge in [-0.2, -0.15) is 5.26 Å². The molecular weight excluding hydrogens is 384 g/mol. The van der Waals surface area contributed by atoms with Crippen molar-refractivity contribution in [3.63, 3.8) is 0 Å². The van der Waals surface area contributed by atoms with Crippen LogP contribution >= 0.6 is 0 Å². The summed E-state index contributed by atoms with van der Waals surface area (Å²) in [5.41, 5.74) is 4.81. The summed E-state index contributed by atoms with van der Waals surface area (Å²) < 4.78 is 5.98. The van der Waals surface area contributed by atoms with Crippen molar-refractivity contribution in [1.82, 2.24) is 4.90 Å². The van der Waals surface area contributed by atoms with E-state index >= 15 is 0 Å². The van der Waals surface area contributed by atoms with Gasteiger partial charge in [0.1, 0.15) is 0 Å². The maximum Gasteiger partial charge on any atom is 0.0867 e. The van der Waals surface area contributed by atoms with Gasteiger partial charge in [0.05, 0.1) is 24.8 Å². The Morgan fingerprint density at radius 1 is 1.00 bits per heavy atom. The van der Waals surface area contributed by atoms with Gasteiger partial charge in [-0.05, 0) is 74.6 Å². The van der Waals surface area contributed by atoms with Gasteiger partial charge in [0.2, 0.25) is 0 Å². The van der Waals surface area contributed by atoms with Crippen LogP contribution in [-0.4, -0.2) is 62.9 Å². The summed E-state index contributed by atoms with van der Waals surface area (Å²) >= 11 is 0. The molecule has 0 spiro atoms. The third-order valence-corrected chi connectivity index (χ3v) is 7.58. The summed E-state index contributed by atoms with van der Waals surface area (Å²) in [6.07, 6.45) is 5.74. The fourth-order valence-electron chi connectivity index (χ4n) is 5.70. The van der Waals surface area contributed by atoms with E-state index in [9.17, 15) is 0 Å². The van der Waals surface area contributed by atoms with Crippen molar-refractivity contribution in [2.75, 3.05) is 55.6 Å². The standard InChI is InChI=1S/C26H40N4O/c1-20-18-30(19-21(2)31-20)23-5-6-25(29-15-13-28(12-11-27)14-16-29)24(17-23)22-7-9-26(3,4)10-8-22/h5-6,17,20-22H,7-10,12-16,18-19H2,1-4H3/t20-,21+. The van der Waals surface area contributed by atoms with E-state index in [0.717, 1.165) is 39.3 Å². The van der Waals surface area contributed by atoms with Crippen molar-refractivity contribution in [3.05, 3.63) is 23.8 Å². The fraction of sp³-hybridized carbons (Fsp3) is 0.731. The Labute approximate surface area is 188 Å². The van der Waals surface area contributed by atoms with Gasteiger partial charge >= 0.3 is 0 Å². The first-order valence-electron chi connectivity index (χ1n) is 12.2. The van der Waals surface area contributed by atoms with Crippen LogP contribution in [0.3, 0.4) is 0 Å². The molecular formula is C26H40N4O. The topological polar surface area (TPSA) is 42.7 Å². The number of benzene rings is 1. The molecule has 1 aliphatic carbocycles. The summed E-state index contributed by atoms with van der Waals surface area (Å²) in [6.45, 7) is 15.7. The molecule has 3 fully saturated rings. The van der Waals surface area contributed by atoms with Crippen LogP contribution in [0.4, 0.5) is 11.4 Å². The molecule has 31 heavy (non-hydrogen) atoms. The minimum absolute atomic E-state index is 0.274. The van der Waals surface area contributed by atoms with E-state index in [2.05, 4.69) is 66.7 Å². The molecule has 0 amide bonds. The van der Waals surface area contributed by atoms with Crippen molar-refractivity contribution >= 4 is 11.4 Å². The molecule has 0 aromatic heterocycles. The zero-order valence-electron chi connectivity index (χ0n) is 19.9. The molecule has 1 aromatic rings. The van der Waals surface area contributed by atoms with Gasteiger partial charge in [-0.15, -0.1) is 0 Å². The van der Waals surface area contributed by atoms with Crippen LogP contribution in [0.2, 0.25) is 0 Å². The number of nitrogens with zero attached hydrogens (tertiary/aromatic N) is 4. The quantitative estimate of drug-likeness (QED) is 0.659. The number of piperazine rings is 1. The largest absolute Gasteiger partial charge is 0.372 e. The van der Waals surface area contributed by atoms with E-state index in [0.29, 0.717) is 17.9 Å². The number of hydrogen-bond acceptors (Lipinski definition) is 5. The predicted octanol–water partition coefficient (Wildman–Crippen LogP) is 4.63. The first-order chi connectivity index (χ1) is 14.8. The molecule has 0 bridgehead atoms. The van der Waals surface area contributed by atoms with Gasteiger partial charge in [0.15, 0.2) is 0 Å². The molecule has 1 saturated carbocycles. The normalized spacial score (nSPS) is 27.8.